The summed E-state index contributed by atoms with van der Waals surface area (Å²) in [6, 6.07) is 17.1. The highest BCUT2D eigenvalue weighted by Crippen LogP contribution is 2.45. The van der Waals surface area contributed by atoms with Crippen molar-refractivity contribution in [3.05, 3.63) is 82.2 Å². The van der Waals surface area contributed by atoms with Crippen molar-refractivity contribution in [2.45, 2.75) is 12.0 Å². The van der Waals surface area contributed by atoms with Gasteiger partial charge in [0, 0.05) is 56.5 Å². The minimum absolute atomic E-state index is 0.0462. The van der Waals surface area contributed by atoms with E-state index in [1.54, 1.807) is 24.6 Å². The monoisotopic (exact) mass is 476 g/mol. The first-order valence-electron chi connectivity index (χ1n) is 11.6. The molecule has 2 unspecified atom stereocenters. The lowest BCUT2D eigenvalue weighted by atomic mass is 9.81. The summed E-state index contributed by atoms with van der Waals surface area (Å²) in [5.41, 5.74) is 1.42. The molecule has 0 bridgehead atoms. The molecule has 7 nitrogen and oxygen atoms in total. The molecule has 3 aromatic rings. The molecule has 1 saturated heterocycles. The molecular weight excluding hydrogens is 448 g/mol. The van der Waals surface area contributed by atoms with Gasteiger partial charge < -0.3 is 19.4 Å². The Morgan fingerprint density at radius 2 is 1.85 bits per heavy atom. The standard InChI is InChI=1S/C26H28N4O3S/c1-33-17-16-30-24(21-9-6-18-34-21)23(19-7-2-3-8-20(19)25(30)31)26(32)29-14-12-28(13-15-29)22-10-4-5-11-27-22/h2-11,18,23-24H,12-17H2,1H3. The van der Waals surface area contributed by atoms with Crippen LogP contribution in [0.5, 0.6) is 0 Å². The number of thiophene rings is 1. The van der Waals surface area contributed by atoms with Crippen molar-refractivity contribution in [1.82, 2.24) is 14.8 Å². The van der Waals surface area contributed by atoms with Crippen LogP contribution in [0.15, 0.2) is 66.2 Å². The number of piperazine rings is 1. The maximum absolute atomic E-state index is 14.1. The average molecular weight is 477 g/mol. The Morgan fingerprint density at radius 3 is 2.56 bits per heavy atom. The summed E-state index contributed by atoms with van der Waals surface area (Å²) in [5.74, 6) is 0.507. The molecule has 34 heavy (non-hydrogen) atoms. The molecule has 0 N–H and O–H groups in total. The van der Waals surface area contributed by atoms with Crippen LogP contribution in [0.25, 0.3) is 0 Å². The maximum atomic E-state index is 14.1. The van der Waals surface area contributed by atoms with Gasteiger partial charge in [-0.25, -0.2) is 4.98 Å². The molecule has 2 aliphatic heterocycles. The Morgan fingerprint density at radius 1 is 1.06 bits per heavy atom. The van der Waals surface area contributed by atoms with E-state index in [1.165, 1.54) is 0 Å². The van der Waals surface area contributed by atoms with Gasteiger partial charge in [0.05, 0.1) is 18.6 Å². The van der Waals surface area contributed by atoms with Crippen LogP contribution in [0.2, 0.25) is 0 Å². The van der Waals surface area contributed by atoms with E-state index in [9.17, 15) is 9.59 Å². The Hall–Kier alpha value is -3.23. The molecule has 2 aromatic heterocycles. The fourth-order valence-electron chi connectivity index (χ4n) is 4.96. The maximum Gasteiger partial charge on any atom is 0.254 e. The summed E-state index contributed by atoms with van der Waals surface area (Å²) in [6.07, 6.45) is 1.79. The number of hydrogen-bond acceptors (Lipinski definition) is 6. The van der Waals surface area contributed by atoms with Crippen LogP contribution in [0.3, 0.4) is 0 Å². The number of hydrogen-bond donors (Lipinski definition) is 0. The predicted octanol–water partition coefficient (Wildman–Crippen LogP) is 3.42. The molecule has 0 spiro atoms. The van der Waals surface area contributed by atoms with Gasteiger partial charge in [0.15, 0.2) is 0 Å². The molecule has 5 rings (SSSR count). The van der Waals surface area contributed by atoms with E-state index in [0.29, 0.717) is 31.8 Å². The molecule has 0 saturated carbocycles. The zero-order chi connectivity index (χ0) is 23.5. The SMILES string of the molecule is COCCN1C(=O)c2ccccc2C(C(=O)N2CCN(c3ccccn3)CC2)C1c1cccs1. The van der Waals surface area contributed by atoms with Gasteiger partial charge in [-0.15, -0.1) is 11.3 Å². The Balaban J connectivity index is 1.47. The lowest BCUT2D eigenvalue weighted by Crippen LogP contribution is -2.53. The summed E-state index contributed by atoms with van der Waals surface area (Å²) in [4.78, 5) is 39.1. The zero-order valence-corrected chi connectivity index (χ0v) is 20.0. The van der Waals surface area contributed by atoms with E-state index in [2.05, 4.69) is 9.88 Å². The predicted molar refractivity (Wildman–Crippen MR) is 132 cm³/mol. The van der Waals surface area contributed by atoms with Crippen molar-refractivity contribution < 1.29 is 14.3 Å². The quantitative estimate of drug-likeness (QED) is 0.546. The second-order valence-corrected chi connectivity index (χ2v) is 9.50. The Labute approximate surface area is 203 Å². The molecule has 2 amide bonds. The number of ether oxygens (including phenoxy) is 1. The van der Waals surface area contributed by atoms with E-state index in [4.69, 9.17) is 4.74 Å². The van der Waals surface area contributed by atoms with Crippen LogP contribution in [0.1, 0.15) is 32.8 Å². The Kier molecular flexibility index (Phi) is 6.60. The average Bonchev–Trinajstić information content (AvgIpc) is 3.43. The first-order valence-corrected chi connectivity index (χ1v) is 12.4. The second-order valence-electron chi connectivity index (χ2n) is 8.52. The van der Waals surface area contributed by atoms with E-state index in [1.807, 2.05) is 69.8 Å². The van der Waals surface area contributed by atoms with Gasteiger partial charge in [0.2, 0.25) is 5.91 Å². The third kappa shape index (κ3) is 4.19. The summed E-state index contributed by atoms with van der Waals surface area (Å²) >= 11 is 1.59. The molecule has 8 heteroatoms. The zero-order valence-electron chi connectivity index (χ0n) is 19.2. The first kappa shape index (κ1) is 22.6. The van der Waals surface area contributed by atoms with E-state index < -0.39 is 5.92 Å². The number of carbonyl (C=O) groups excluding carboxylic acids is 2. The molecule has 176 valence electrons. The number of fused-ring (bicyclic) bond motifs is 1. The molecule has 0 aliphatic carbocycles. The number of benzene rings is 1. The summed E-state index contributed by atoms with van der Waals surface area (Å²) in [7, 11) is 1.63. The second kappa shape index (κ2) is 9.95. The van der Waals surface area contributed by atoms with Crippen LogP contribution < -0.4 is 4.90 Å². The third-order valence-corrected chi connectivity index (χ3v) is 7.58. The first-order chi connectivity index (χ1) is 16.7. The lowest BCUT2D eigenvalue weighted by molar-refractivity contribution is -0.135. The number of aromatic nitrogens is 1. The van der Waals surface area contributed by atoms with Crippen LogP contribution in [0.4, 0.5) is 5.82 Å². The fraction of sp³-hybridized carbons (Fsp3) is 0.346. The number of amides is 2. The van der Waals surface area contributed by atoms with Crippen LogP contribution in [-0.2, 0) is 9.53 Å². The number of rotatable bonds is 6. The molecule has 1 fully saturated rings. The highest BCUT2D eigenvalue weighted by atomic mass is 32.1. The smallest absolute Gasteiger partial charge is 0.254 e. The van der Waals surface area contributed by atoms with Crippen LogP contribution >= 0.6 is 11.3 Å². The minimum Gasteiger partial charge on any atom is -0.383 e. The lowest BCUT2D eigenvalue weighted by Gasteiger charge is -2.44. The molecule has 1 aromatic carbocycles. The van der Waals surface area contributed by atoms with Crippen molar-refractivity contribution in [1.29, 1.82) is 0 Å². The van der Waals surface area contributed by atoms with Crippen molar-refractivity contribution >= 4 is 29.0 Å². The summed E-state index contributed by atoms with van der Waals surface area (Å²) < 4.78 is 5.32. The van der Waals surface area contributed by atoms with Gasteiger partial charge in [-0.05, 0) is 35.2 Å². The largest absolute Gasteiger partial charge is 0.383 e. The molecule has 4 heterocycles. The highest BCUT2D eigenvalue weighted by molar-refractivity contribution is 7.10. The number of methoxy groups -OCH3 is 1. The van der Waals surface area contributed by atoms with E-state index in [-0.39, 0.29) is 17.9 Å². The van der Waals surface area contributed by atoms with Gasteiger partial charge in [0.1, 0.15) is 5.82 Å². The van der Waals surface area contributed by atoms with Crippen LogP contribution in [-0.4, -0.2) is 73.0 Å². The molecular formula is C26H28N4O3S. The molecule has 2 aliphatic rings. The van der Waals surface area contributed by atoms with Crippen molar-refractivity contribution in [3.63, 3.8) is 0 Å². The number of carbonyl (C=O) groups is 2. The fourth-order valence-corrected chi connectivity index (χ4v) is 5.84. The van der Waals surface area contributed by atoms with Gasteiger partial charge in [-0.1, -0.05) is 30.3 Å². The van der Waals surface area contributed by atoms with Crippen LogP contribution in [0, 0.1) is 0 Å². The number of nitrogens with zero attached hydrogens (tertiary/aromatic N) is 4. The van der Waals surface area contributed by atoms with Gasteiger partial charge in [0.25, 0.3) is 5.91 Å². The van der Waals surface area contributed by atoms with Gasteiger partial charge in [-0.3, -0.25) is 9.59 Å². The number of anilines is 1. The van der Waals surface area contributed by atoms with E-state index in [0.717, 1.165) is 29.3 Å². The van der Waals surface area contributed by atoms with Gasteiger partial charge in [-0.2, -0.15) is 0 Å². The summed E-state index contributed by atoms with van der Waals surface area (Å²) in [6.45, 7) is 3.55. The highest BCUT2D eigenvalue weighted by Gasteiger charge is 2.46. The minimum atomic E-state index is -0.453. The van der Waals surface area contributed by atoms with E-state index >= 15 is 0 Å². The molecule has 2 atom stereocenters. The van der Waals surface area contributed by atoms with Gasteiger partial charge >= 0.3 is 0 Å². The molecule has 0 radical (unpaired) electrons. The van der Waals surface area contributed by atoms with Crippen molar-refractivity contribution in [2.24, 2.45) is 0 Å². The topological polar surface area (TPSA) is 66.0 Å². The van der Waals surface area contributed by atoms with Crippen molar-refractivity contribution in [2.75, 3.05) is 51.3 Å². The van der Waals surface area contributed by atoms with Crippen molar-refractivity contribution in [3.8, 4) is 0 Å². The summed E-state index contributed by atoms with van der Waals surface area (Å²) in [5, 5.41) is 2.00. The Bertz CT molecular complexity index is 1130. The normalized spacial score (nSPS) is 20.4. The third-order valence-electron chi connectivity index (χ3n) is 6.64. The number of pyridine rings is 1.